The topological polar surface area (TPSA) is 151 Å². The van der Waals surface area contributed by atoms with Gasteiger partial charge in [-0.15, -0.1) is 0 Å². The third-order valence-electron chi connectivity index (χ3n) is 12.4. The molecule has 3 aliphatic heterocycles. The predicted octanol–water partition coefficient (Wildman–Crippen LogP) is 7.47. The molecule has 0 spiro atoms. The van der Waals surface area contributed by atoms with Crippen LogP contribution in [0.1, 0.15) is 114 Å². The van der Waals surface area contributed by atoms with Gasteiger partial charge in [0.2, 0.25) is 11.8 Å². The van der Waals surface area contributed by atoms with Gasteiger partial charge in [-0.25, -0.2) is 9.97 Å². The number of methoxy groups -OCH3 is 2. The number of ether oxygens (including phenoxy) is 2. The number of imidazole rings is 2. The Morgan fingerprint density at radius 2 is 1.37 bits per heavy atom. The van der Waals surface area contributed by atoms with E-state index in [1.165, 1.54) is 14.2 Å². The maximum atomic E-state index is 14.1. The Bertz CT molecular complexity index is 2190. The first kappa shape index (κ1) is 48.3. The van der Waals surface area contributed by atoms with Crippen LogP contribution in [-0.2, 0) is 28.7 Å². The van der Waals surface area contributed by atoms with E-state index in [9.17, 15) is 19.2 Å². The highest BCUT2D eigenvalue weighted by Gasteiger charge is 2.48. The minimum absolute atomic E-state index is 0. The van der Waals surface area contributed by atoms with Gasteiger partial charge in [0.05, 0.1) is 73.9 Å². The molecule has 8 rings (SSSR count). The molecule has 2 aromatic heterocycles. The Morgan fingerprint density at radius 3 is 1.98 bits per heavy atom. The van der Waals surface area contributed by atoms with Crippen LogP contribution in [0.5, 0.6) is 0 Å². The Morgan fingerprint density at radius 1 is 0.767 bits per heavy atom. The summed E-state index contributed by atoms with van der Waals surface area (Å²) in [6, 6.07) is 13.7. The van der Waals surface area contributed by atoms with Gasteiger partial charge in [0, 0.05) is 23.7 Å². The quantitative estimate of drug-likeness (QED) is 0.117. The molecule has 2 N–H and O–H groups in total. The second-order valence-corrected chi connectivity index (χ2v) is 16.6. The second-order valence-electron chi connectivity index (χ2n) is 16.6. The fourth-order valence-electron chi connectivity index (χ4n) is 9.06. The first-order valence-corrected chi connectivity index (χ1v) is 20.4. The van der Waals surface area contributed by atoms with E-state index in [1.807, 2.05) is 80.0 Å². The summed E-state index contributed by atoms with van der Waals surface area (Å²) in [7, 11) is 2.72. The van der Waals surface area contributed by atoms with Crippen LogP contribution in [0.3, 0.4) is 0 Å². The molecule has 4 atom stereocenters. The molecule has 4 fully saturated rings. The molecular weight excluding hydrogens is 817 g/mol. The second kappa shape index (κ2) is 20.9. The summed E-state index contributed by atoms with van der Waals surface area (Å²) < 4.78 is 9.81. The summed E-state index contributed by atoms with van der Waals surface area (Å²) in [6.07, 6.45) is 7.67. The van der Waals surface area contributed by atoms with Crippen molar-refractivity contribution < 1.29 is 28.7 Å². The van der Waals surface area contributed by atoms with Gasteiger partial charge in [0.25, 0.3) is 0 Å². The average molecular weight is 877 g/mol. The van der Waals surface area contributed by atoms with Crippen LogP contribution in [0.15, 0.2) is 48.7 Å². The van der Waals surface area contributed by atoms with Gasteiger partial charge in [-0.1, -0.05) is 51.7 Å². The van der Waals surface area contributed by atoms with Gasteiger partial charge in [0.15, 0.2) is 0 Å². The van der Waals surface area contributed by atoms with E-state index >= 15 is 0 Å². The van der Waals surface area contributed by atoms with Gasteiger partial charge in [-0.3, -0.25) is 19.2 Å². The number of carbonyl (C=O) groups is 4. The van der Waals surface area contributed by atoms with Crippen molar-refractivity contribution in [1.29, 1.82) is 0 Å². The number of hydrogen-bond donors (Lipinski definition) is 2. The van der Waals surface area contributed by atoms with Crippen LogP contribution in [0.2, 0.25) is 0 Å². The first-order valence-electron chi connectivity index (χ1n) is 20.4. The Labute approximate surface area is 374 Å². The zero-order valence-electron chi connectivity index (χ0n) is 35.3. The zero-order chi connectivity index (χ0) is 40.4. The summed E-state index contributed by atoms with van der Waals surface area (Å²) in [4.78, 5) is 72.7. The van der Waals surface area contributed by atoms with E-state index < -0.39 is 11.8 Å². The molecule has 2 amide bonds. The molecule has 2 aromatic carbocycles. The number of esters is 2. The van der Waals surface area contributed by atoms with Crippen molar-refractivity contribution in [3.8, 4) is 23.1 Å². The lowest BCUT2D eigenvalue weighted by Crippen LogP contribution is -2.55. The van der Waals surface area contributed by atoms with Gasteiger partial charge in [-0.2, -0.15) is 40.5 Å². The van der Waals surface area contributed by atoms with Gasteiger partial charge < -0.3 is 29.2 Å². The minimum Gasteiger partial charge on any atom is -0.469 e. The van der Waals surface area contributed by atoms with E-state index in [1.54, 1.807) is 6.20 Å². The van der Waals surface area contributed by atoms with Crippen molar-refractivity contribution >= 4 is 75.3 Å². The number of H-pyrrole nitrogens is 2. The summed E-state index contributed by atoms with van der Waals surface area (Å²) >= 11 is 0. The lowest BCUT2D eigenvalue weighted by Gasteiger charge is -2.51. The number of benzene rings is 2. The number of rotatable bonds is 11. The Balaban J connectivity index is 0.00000265. The SMILES string of the molecule is COC(=O)C[C@H](C(=O)N1CCC[C@H]1c1ncc(-c2ccc(C#Cc3ccc4nc([C@@H]5C6CCC(CC6)N5C(=O)[C@@H](CC(=O)OC)C(C)C)[nH]c4c3)cc2)[nH]1)C(C)C.S.S.S. The van der Waals surface area contributed by atoms with E-state index in [2.05, 4.69) is 26.8 Å². The maximum Gasteiger partial charge on any atom is 0.306 e. The molecule has 0 radical (unpaired) electrons. The van der Waals surface area contributed by atoms with E-state index in [0.717, 1.165) is 83.6 Å². The lowest BCUT2D eigenvalue weighted by atomic mass is 9.73. The van der Waals surface area contributed by atoms with Crippen LogP contribution in [0.4, 0.5) is 0 Å². The van der Waals surface area contributed by atoms with Crippen molar-refractivity contribution in [2.75, 3.05) is 20.8 Å². The number of aromatic amines is 2. The molecule has 5 heterocycles. The van der Waals surface area contributed by atoms with Crippen molar-refractivity contribution in [3.05, 3.63) is 71.4 Å². The third kappa shape index (κ3) is 10.2. The third-order valence-corrected chi connectivity index (χ3v) is 12.4. The molecule has 1 aliphatic carbocycles. The fraction of sp³-hybridized carbons (Fsp3) is 0.511. The summed E-state index contributed by atoms with van der Waals surface area (Å²) in [5.74, 6) is 6.80. The molecule has 4 aliphatic rings. The number of fused-ring (bicyclic) bond motifs is 4. The van der Waals surface area contributed by atoms with Crippen molar-refractivity contribution in [2.45, 2.75) is 97.2 Å². The summed E-state index contributed by atoms with van der Waals surface area (Å²) in [5, 5.41) is 0. The van der Waals surface area contributed by atoms with E-state index in [0.29, 0.717) is 12.5 Å². The molecule has 12 nitrogen and oxygen atoms in total. The predicted molar refractivity (Wildman–Crippen MR) is 246 cm³/mol. The highest BCUT2D eigenvalue weighted by atomic mass is 32.1. The number of amides is 2. The molecule has 60 heavy (non-hydrogen) atoms. The van der Waals surface area contributed by atoms with Crippen LogP contribution in [0, 0.1) is 41.4 Å². The number of piperidine rings is 2. The number of nitrogens with one attached hydrogen (secondary N) is 2. The first-order chi connectivity index (χ1) is 27.4. The largest absolute Gasteiger partial charge is 0.469 e. The maximum absolute atomic E-state index is 14.1. The molecule has 1 saturated carbocycles. The van der Waals surface area contributed by atoms with Crippen LogP contribution in [-0.4, -0.2) is 80.3 Å². The van der Waals surface area contributed by atoms with Gasteiger partial charge >= 0.3 is 11.9 Å². The molecule has 15 heteroatoms. The number of likely N-dealkylation sites (tertiary alicyclic amines) is 1. The molecular formula is C45H60N6O6S3. The van der Waals surface area contributed by atoms with Crippen LogP contribution >= 0.6 is 40.5 Å². The molecule has 0 unspecified atom stereocenters. The van der Waals surface area contributed by atoms with Crippen molar-refractivity contribution in [1.82, 2.24) is 29.7 Å². The number of nitrogens with zero attached hydrogens (tertiary/aromatic N) is 4. The van der Waals surface area contributed by atoms with Crippen molar-refractivity contribution in [3.63, 3.8) is 0 Å². The lowest BCUT2D eigenvalue weighted by molar-refractivity contribution is -0.156. The average Bonchev–Trinajstić information content (AvgIpc) is 4.01. The smallest absolute Gasteiger partial charge is 0.306 e. The number of carbonyl (C=O) groups excluding carboxylic acids is 4. The monoisotopic (exact) mass is 876 g/mol. The van der Waals surface area contributed by atoms with Crippen molar-refractivity contribution in [2.24, 2.45) is 29.6 Å². The zero-order valence-corrected chi connectivity index (χ0v) is 38.3. The summed E-state index contributed by atoms with van der Waals surface area (Å²) in [6.45, 7) is 8.54. The summed E-state index contributed by atoms with van der Waals surface area (Å²) in [5.41, 5.74) is 5.22. The Kier molecular flexibility index (Phi) is 16.8. The number of aromatic nitrogens is 4. The van der Waals surface area contributed by atoms with E-state index in [4.69, 9.17) is 14.5 Å². The molecule has 3 saturated heterocycles. The van der Waals surface area contributed by atoms with Crippen LogP contribution in [0.25, 0.3) is 22.3 Å². The van der Waals surface area contributed by atoms with Crippen LogP contribution < -0.4 is 0 Å². The van der Waals surface area contributed by atoms with Gasteiger partial charge in [-0.05, 0) is 92.2 Å². The molecule has 4 aromatic rings. The van der Waals surface area contributed by atoms with Gasteiger partial charge in [0.1, 0.15) is 11.6 Å². The highest BCUT2D eigenvalue weighted by molar-refractivity contribution is 7.59. The standard InChI is InChI=1S/C45H54N6O6.3H2S/c1-26(2)33(23-39(52)56-5)44(54)50-21-7-8-38(50)42-46-25-37(49-42)30-14-11-28(12-15-30)9-10-29-13-20-35-36(22-29)48-43(47-35)41-31-16-18-32(19-17-31)51(41)45(55)34(27(3)4)24-40(53)57-6;;;/h11-15,20,22,25-27,31-34,38,41H,7-8,16-19,21,23-24H2,1-6H3,(H,46,49)(H,47,48);3*1H2/t31?,32?,33-,34-,38-,41-;;;/m0.../s1. The highest BCUT2D eigenvalue weighted by Crippen LogP contribution is 2.48. The normalized spacial score (nSPS) is 20.3. The molecule has 2 bridgehead atoms. The fourth-order valence-corrected chi connectivity index (χ4v) is 9.06. The minimum atomic E-state index is -0.444. The molecule has 324 valence electrons. The Hall–Kier alpha value is -4.39. The van der Waals surface area contributed by atoms with E-state index in [-0.39, 0.29) is 107 Å². The number of hydrogen-bond acceptors (Lipinski definition) is 8.